The summed E-state index contributed by atoms with van der Waals surface area (Å²) in [6.45, 7) is 3.84. The van der Waals surface area contributed by atoms with Crippen molar-refractivity contribution in [3.63, 3.8) is 0 Å². The molecular formula is C27H23N3O4. The number of carbonyl (C=O) groups is 1. The number of nitrogens with one attached hydrogen (secondary N) is 1. The molecule has 0 spiro atoms. The highest BCUT2D eigenvalue weighted by atomic mass is 16.4. The zero-order valence-corrected chi connectivity index (χ0v) is 19.0. The van der Waals surface area contributed by atoms with Gasteiger partial charge in [0.25, 0.3) is 0 Å². The van der Waals surface area contributed by atoms with Crippen LogP contribution in [0, 0.1) is 6.92 Å². The summed E-state index contributed by atoms with van der Waals surface area (Å²) < 4.78 is 8.07. The fourth-order valence-electron chi connectivity index (χ4n) is 4.31. The van der Waals surface area contributed by atoms with Crippen LogP contribution in [-0.4, -0.2) is 20.9 Å². The van der Waals surface area contributed by atoms with Gasteiger partial charge in [0.1, 0.15) is 11.3 Å². The minimum Gasteiger partial charge on any atom is -0.478 e. The lowest BCUT2D eigenvalue weighted by molar-refractivity contribution is 0.0698. The lowest BCUT2D eigenvalue weighted by Crippen LogP contribution is -2.12. The van der Waals surface area contributed by atoms with Crippen LogP contribution in [-0.2, 0) is 7.05 Å². The molecular weight excluding hydrogens is 430 g/mol. The normalized spacial score (nSPS) is 12.2. The van der Waals surface area contributed by atoms with E-state index in [0.29, 0.717) is 22.4 Å². The summed E-state index contributed by atoms with van der Waals surface area (Å²) in [5.41, 5.74) is 4.35. The van der Waals surface area contributed by atoms with Gasteiger partial charge in [-0.3, -0.25) is 9.48 Å². The van der Waals surface area contributed by atoms with Crippen LogP contribution >= 0.6 is 0 Å². The van der Waals surface area contributed by atoms with E-state index in [-0.39, 0.29) is 17.0 Å². The van der Waals surface area contributed by atoms with Crippen molar-refractivity contribution in [2.24, 2.45) is 7.05 Å². The van der Waals surface area contributed by atoms with Gasteiger partial charge in [0, 0.05) is 41.5 Å². The second-order valence-corrected chi connectivity index (χ2v) is 8.50. The number of carboxylic acid groups (broad SMARTS) is 1. The molecule has 0 bridgehead atoms. The number of hydrogen-bond donors (Lipinski definition) is 2. The van der Waals surface area contributed by atoms with Crippen molar-refractivity contribution in [2.45, 2.75) is 19.9 Å². The van der Waals surface area contributed by atoms with E-state index in [1.54, 1.807) is 28.9 Å². The van der Waals surface area contributed by atoms with Gasteiger partial charge in [-0.05, 0) is 55.8 Å². The van der Waals surface area contributed by atoms with Crippen LogP contribution in [0.25, 0.3) is 33.2 Å². The Labute approximate surface area is 195 Å². The number of anilines is 1. The maximum absolute atomic E-state index is 13.1. The second kappa shape index (κ2) is 8.19. The van der Waals surface area contributed by atoms with Crippen LogP contribution < -0.4 is 10.7 Å². The van der Waals surface area contributed by atoms with Crippen molar-refractivity contribution in [3.05, 3.63) is 93.8 Å². The van der Waals surface area contributed by atoms with E-state index in [1.165, 1.54) is 6.07 Å². The molecule has 0 radical (unpaired) electrons. The van der Waals surface area contributed by atoms with Gasteiger partial charge in [-0.25, -0.2) is 4.79 Å². The maximum atomic E-state index is 13.1. The molecule has 5 rings (SSSR count). The number of aryl methyl sites for hydroxylation is 2. The van der Waals surface area contributed by atoms with Crippen LogP contribution in [0.1, 0.15) is 34.5 Å². The molecule has 3 aromatic carbocycles. The van der Waals surface area contributed by atoms with E-state index < -0.39 is 5.97 Å². The predicted molar refractivity (Wildman–Crippen MR) is 132 cm³/mol. The molecule has 0 saturated heterocycles. The van der Waals surface area contributed by atoms with Gasteiger partial charge in [-0.2, -0.15) is 5.10 Å². The molecule has 0 saturated carbocycles. The Morgan fingerprint density at radius 2 is 1.91 bits per heavy atom. The highest BCUT2D eigenvalue weighted by Gasteiger charge is 2.18. The quantitative estimate of drug-likeness (QED) is 0.363. The second-order valence-electron chi connectivity index (χ2n) is 8.50. The Morgan fingerprint density at radius 1 is 1.12 bits per heavy atom. The van der Waals surface area contributed by atoms with Crippen LogP contribution in [0.4, 0.5) is 5.69 Å². The molecule has 2 heterocycles. The van der Waals surface area contributed by atoms with Gasteiger partial charge in [-0.1, -0.05) is 18.2 Å². The summed E-state index contributed by atoms with van der Waals surface area (Å²) in [4.78, 5) is 24.7. The standard InChI is InChI=1S/C27H23N3O4/c1-15-10-20(16(2)28-23-7-5-4-6-19(23)27(32)33)26-21(11-15)24(31)13-25(34-26)17-8-9-22-18(12-17)14-30(3)29-22/h4-14,16,28H,1-3H3,(H,32,33). The molecule has 2 N–H and O–H groups in total. The van der Waals surface area contributed by atoms with E-state index in [2.05, 4.69) is 10.4 Å². The average molecular weight is 453 g/mol. The third-order valence-electron chi connectivity index (χ3n) is 5.90. The predicted octanol–water partition coefficient (Wildman–Crippen LogP) is 5.53. The van der Waals surface area contributed by atoms with Crippen LogP contribution in [0.2, 0.25) is 0 Å². The molecule has 170 valence electrons. The number of aromatic carboxylic acids is 1. The maximum Gasteiger partial charge on any atom is 0.337 e. The Balaban J connectivity index is 1.64. The zero-order chi connectivity index (χ0) is 24.0. The summed E-state index contributed by atoms with van der Waals surface area (Å²) in [7, 11) is 1.86. The van der Waals surface area contributed by atoms with Gasteiger partial charge in [-0.15, -0.1) is 0 Å². The minimum absolute atomic E-state index is 0.134. The number of hydrogen-bond acceptors (Lipinski definition) is 5. The van der Waals surface area contributed by atoms with E-state index >= 15 is 0 Å². The molecule has 0 fully saturated rings. The van der Waals surface area contributed by atoms with Crippen LogP contribution in [0.15, 0.2) is 76.1 Å². The summed E-state index contributed by atoms with van der Waals surface area (Å²) >= 11 is 0. The molecule has 1 unspecified atom stereocenters. The van der Waals surface area contributed by atoms with Crippen molar-refractivity contribution in [3.8, 4) is 11.3 Å². The largest absolute Gasteiger partial charge is 0.478 e. The van der Waals surface area contributed by atoms with Gasteiger partial charge in [0.2, 0.25) is 0 Å². The monoisotopic (exact) mass is 453 g/mol. The topological polar surface area (TPSA) is 97.4 Å². The molecule has 7 heteroatoms. The van der Waals surface area contributed by atoms with E-state index in [1.807, 2.05) is 57.4 Å². The van der Waals surface area contributed by atoms with Crippen molar-refractivity contribution in [2.75, 3.05) is 5.32 Å². The lowest BCUT2D eigenvalue weighted by Gasteiger charge is -2.19. The number of fused-ring (bicyclic) bond motifs is 2. The zero-order valence-electron chi connectivity index (χ0n) is 19.0. The SMILES string of the molecule is Cc1cc(C(C)Nc2ccccc2C(=O)O)c2oc(-c3ccc4nn(C)cc4c3)cc(=O)c2c1. The number of nitrogens with zero attached hydrogens (tertiary/aromatic N) is 2. The van der Waals surface area contributed by atoms with Gasteiger partial charge in [0.05, 0.1) is 22.5 Å². The summed E-state index contributed by atoms with van der Waals surface area (Å²) in [5.74, 6) is -0.546. The van der Waals surface area contributed by atoms with Gasteiger partial charge >= 0.3 is 5.97 Å². The molecule has 0 aliphatic heterocycles. The molecule has 7 nitrogen and oxygen atoms in total. The molecule has 0 amide bonds. The van der Waals surface area contributed by atoms with Crippen LogP contribution in [0.3, 0.4) is 0 Å². The number of rotatable bonds is 5. The molecule has 2 aromatic heterocycles. The van der Waals surface area contributed by atoms with E-state index in [4.69, 9.17) is 4.42 Å². The van der Waals surface area contributed by atoms with E-state index in [0.717, 1.165) is 27.6 Å². The van der Waals surface area contributed by atoms with Gasteiger partial charge < -0.3 is 14.8 Å². The highest BCUT2D eigenvalue weighted by molar-refractivity contribution is 5.94. The Hall–Kier alpha value is -4.39. The Kier molecular flexibility index (Phi) is 5.17. The third-order valence-corrected chi connectivity index (χ3v) is 5.90. The Bertz CT molecular complexity index is 1630. The van der Waals surface area contributed by atoms with E-state index in [9.17, 15) is 14.7 Å². The van der Waals surface area contributed by atoms with Crippen LogP contribution in [0.5, 0.6) is 0 Å². The summed E-state index contributed by atoms with van der Waals surface area (Å²) in [6.07, 6.45) is 1.92. The number of para-hydroxylation sites is 1. The minimum atomic E-state index is -1.01. The first kappa shape index (κ1) is 21.5. The first-order valence-electron chi connectivity index (χ1n) is 10.9. The van der Waals surface area contributed by atoms with Crippen molar-refractivity contribution >= 4 is 33.5 Å². The molecule has 34 heavy (non-hydrogen) atoms. The number of carboxylic acids is 1. The number of aromatic nitrogens is 2. The Morgan fingerprint density at radius 3 is 2.71 bits per heavy atom. The number of benzene rings is 3. The highest BCUT2D eigenvalue weighted by Crippen LogP contribution is 2.32. The third kappa shape index (κ3) is 3.81. The molecule has 1 atom stereocenters. The fourth-order valence-corrected chi connectivity index (χ4v) is 4.31. The fraction of sp³-hybridized carbons (Fsp3) is 0.148. The van der Waals surface area contributed by atoms with Crippen molar-refractivity contribution in [1.29, 1.82) is 0 Å². The first-order valence-corrected chi connectivity index (χ1v) is 10.9. The first-order chi connectivity index (χ1) is 16.3. The molecule has 5 aromatic rings. The molecule has 0 aliphatic carbocycles. The average Bonchev–Trinajstić information content (AvgIpc) is 3.18. The summed E-state index contributed by atoms with van der Waals surface area (Å²) in [6, 6.07) is 17.5. The van der Waals surface area contributed by atoms with Gasteiger partial charge in [0.15, 0.2) is 5.43 Å². The van der Waals surface area contributed by atoms with Crippen molar-refractivity contribution in [1.82, 2.24) is 9.78 Å². The van der Waals surface area contributed by atoms with Crippen molar-refractivity contribution < 1.29 is 14.3 Å². The summed E-state index contributed by atoms with van der Waals surface area (Å²) in [5, 5.41) is 18.6. The molecule has 0 aliphatic rings. The lowest BCUT2D eigenvalue weighted by atomic mass is 10.00. The smallest absolute Gasteiger partial charge is 0.337 e.